The molecular formula is C13H16N4. The van der Waals surface area contributed by atoms with Crippen LogP contribution in [0.15, 0.2) is 30.9 Å². The van der Waals surface area contributed by atoms with Gasteiger partial charge in [-0.25, -0.2) is 4.98 Å². The molecule has 17 heavy (non-hydrogen) atoms. The van der Waals surface area contributed by atoms with Crippen LogP contribution in [0.2, 0.25) is 0 Å². The molecule has 0 aliphatic heterocycles. The highest BCUT2D eigenvalue weighted by atomic mass is 15.0. The number of rotatable bonds is 4. The monoisotopic (exact) mass is 228 g/mol. The Kier molecular flexibility index (Phi) is 3.65. The fourth-order valence-electron chi connectivity index (χ4n) is 1.62. The van der Waals surface area contributed by atoms with Crippen molar-refractivity contribution in [1.29, 1.82) is 0 Å². The molecule has 0 saturated heterocycles. The number of hydrogen-bond acceptors (Lipinski definition) is 4. The van der Waals surface area contributed by atoms with Crippen LogP contribution in [0.5, 0.6) is 0 Å². The standard InChI is InChI=1S/C13H16N4/c1-3-5-16-13-12(15-7-8-17-13)11-9-14-6-4-10(11)2/h4,6-9H,3,5H2,1-2H3,(H,16,17). The largest absolute Gasteiger partial charge is 0.368 e. The van der Waals surface area contributed by atoms with Gasteiger partial charge in [-0.15, -0.1) is 0 Å². The summed E-state index contributed by atoms with van der Waals surface area (Å²) in [6.45, 7) is 5.07. The van der Waals surface area contributed by atoms with E-state index in [1.54, 1.807) is 18.6 Å². The normalized spacial score (nSPS) is 10.2. The Hall–Kier alpha value is -1.97. The lowest BCUT2D eigenvalue weighted by molar-refractivity contribution is 0.965. The minimum atomic E-state index is 0.824. The molecule has 0 bridgehead atoms. The van der Waals surface area contributed by atoms with E-state index < -0.39 is 0 Å². The first kappa shape index (κ1) is 11.5. The van der Waals surface area contributed by atoms with E-state index in [2.05, 4.69) is 34.1 Å². The molecule has 0 amide bonds. The van der Waals surface area contributed by atoms with Gasteiger partial charge < -0.3 is 5.32 Å². The first-order valence-electron chi connectivity index (χ1n) is 5.78. The number of aryl methyl sites for hydroxylation is 1. The van der Waals surface area contributed by atoms with Gasteiger partial charge in [0.25, 0.3) is 0 Å². The van der Waals surface area contributed by atoms with E-state index in [1.807, 2.05) is 12.3 Å². The van der Waals surface area contributed by atoms with Crippen molar-refractivity contribution in [3.05, 3.63) is 36.4 Å². The number of nitrogens with zero attached hydrogens (tertiary/aromatic N) is 3. The van der Waals surface area contributed by atoms with E-state index in [-0.39, 0.29) is 0 Å². The van der Waals surface area contributed by atoms with Crippen LogP contribution in [0.1, 0.15) is 18.9 Å². The maximum Gasteiger partial charge on any atom is 0.152 e. The summed E-state index contributed by atoms with van der Waals surface area (Å²) in [5.41, 5.74) is 3.05. The van der Waals surface area contributed by atoms with Crippen LogP contribution < -0.4 is 5.32 Å². The molecule has 0 aliphatic rings. The summed E-state index contributed by atoms with van der Waals surface area (Å²) in [6.07, 6.45) is 8.08. The highest BCUT2D eigenvalue weighted by Gasteiger charge is 2.09. The van der Waals surface area contributed by atoms with Gasteiger partial charge in [-0.1, -0.05) is 6.92 Å². The first-order valence-corrected chi connectivity index (χ1v) is 5.78. The smallest absolute Gasteiger partial charge is 0.152 e. The molecule has 0 saturated carbocycles. The van der Waals surface area contributed by atoms with Crippen molar-refractivity contribution in [2.24, 2.45) is 0 Å². The zero-order chi connectivity index (χ0) is 12.1. The molecule has 1 N–H and O–H groups in total. The summed E-state index contributed by atoms with van der Waals surface area (Å²) >= 11 is 0. The zero-order valence-corrected chi connectivity index (χ0v) is 10.1. The summed E-state index contributed by atoms with van der Waals surface area (Å²) in [7, 11) is 0. The van der Waals surface area contributed by atoms with Crippen LogP contribution in [0, 0.1) is 6.92 Å². The number of pyridine rings is 1. The van der Waals surface area contributed by atoms with Crippen LogP contribution in [0.3, 0.4) is 0 Å². The van der Waals surface area contributed by atoms with Crippen LogP contribution in [-0.2, 0) is 0 Å². The van der Waals surface area contributed by atoms with E-state index in [9.17, 15) is 0 Å². The lowest BCUT2D eigenvalue weighted by atomic mass is 10.1. The lowest BCUT2D eigenvalue weighted by Gasteiger charge is -2.10. The molecule has 2 heterocycles. The predicted molar refractivity (Wildman–Crippen MR) is 68.8 cm³/mol. The third-order valence-electron chi connectivity index (χ3n) is 2.53. The van der Waals surface area contributed by atoms with Gasteiger partial charge in [0.15, 0.2) is 5.82 Å². The van der Waals surface area contributed by atoms with Crippen molar-refractivity contribution in [2.45, 2.75) is 20.3 Å². The van der Waals surface area contributed by atoms with Gasteiger partial charge in [-0.05, 0) is 25.0 Å². The third kappa shape index (κ3) is 2.58. The molecule has 0 radical (unpaired) electrons. The second kappa shape index (κ2) is 5.39. The van der Waals surface area contributed by atoms with Gasteiger partial charge in [0, 0.05) is 36.9 Å². The maximum absolute atomic E-state index is 4.40. The molecule has 2 aromatic rings. The number of anilines is 1. The topological polar surface area (TPSA) is 50.7 Å². The van der Waals surface area contributed by atoms with E-state index >= 15 is 0 Å². The van der Waals surface area contributed by atoms with Crippen molar-refractivity contribution in [1.82, 2.24) is 15.0 Å². The van der Waals surface area contributed by atoms with Crippen molar-refractivity contribution >= 4 is 5.82 Å². The Morgan fingerprint density at radius 3 is 2.76 bits per heavy atom. The van der Waals surface area contributed by atoms with E-state index in [0.29, 0.717) is 0 Å². The SMILES string of the molecule is CCCNc1nccnc1-c1cnccc1C. The summed E-state index contributed by atoms with van der Waals surface area (Å²) in [4.78, 5) is 12.9. The quantitative estimate of drug-likeness (QED) is 0.874. The van der Waals surface area contributed by atoms with Crippen molar-refractivity contribution < 1.29 is 0 Å². The predicted octanol–water partition coefficient (Wildman–Crippen LogP) is 2.67. The second-order valence-electron chi connectivity index (χ2n) is 3.87. The molecule has 0 atom stereocenters. The molecule has 0 unspecified atom stereocenters. The first-order chi connectivity index (χ1) is 8.33. The molecule has 88 valence electrons. The van der Waals surface area contributed by atoms with Gasteiger partial charge >= 0.3 is 0 Å². The van der Waals surface area contributed by atoms with Crippen LogP contribution in [0.4, 0.5) is 5.82 Å². The molecule has 2 aromatic heterocycles. The van der Waals surface area contributed by atoms with Gasteiger partial charge in [-0.2, -0.15) is 0 Å². The highest BCUT2D eigenvalue weighted by molar-refractivity contribution is 5.72. The van der Waals surface area contributed by atoms with Gasteiger partial charge in [0.1, 0.15) is 5.69 Å². The van der Waals surface area contributed by atoms with E-state index in [1.165, 1.54) is 0 Å². The highest BCUT2D eigenvalue weighted by Crippen LogP contribution is 2.25. The third-order valence-corrected chi connectivity index (χ3v) is 2.53. The number of aromatic nitrogens is 3. The Balaban J connectivity index is 2.41. The molecule has 4 nitrogen and oxygen atoms in total. The van der Waals surface area contributed by atoms with Crippen LogP contribution >= 0.6 is 0 Å². The molecule has 0 aromatic carbocycles. The Morgan fingerprint density at radius 2 is 2.00 bits per heavy atom. The Morgan fingerprint density at radius 1 is 1.18 bits per heavy atom. The minimum Gasteiger partial charge on any atom is -0.368 e. The van der Waals surface area contributed by atoms with Gasteiger partial charge in [-0.3, -0.25) is 9.97 Å². The number of hydrogen-bond donors (Lipinski definition) is 1. The van der Waals surface area contributed by atoms with Crippen LogP contribution in [-0.4, -0.2) is 21.5 Å². The molecule has 4 heteroatoms. The molecule has 2 rings (SSSR count). The lowest BCUT2D eigenvalue weighted by Crippen LogP contribution is -2.05. The molecule has 0 spiro atoms. The van der Waals surface area contributed by atoms with Crippen LogP contribution in [0.25, 0.3) is 11.3 Å². The van der Waals surface area contributed by atoms with Crippen molar-refractivity contribution in [3.8, 4) is 11.3 Å². The average Bonchev–Trinajstić information content (AvgIpc) is 2.37. The summed E-state index contributed by atoms with van der Waals surface area (Å²) in [5.74, 6) is 0.824. The van der Waals surface area contributed by atoms with Crippen molar-refractivity contribution in [2.75, 3.05) is 11.9 Å². The fourth-order valence-corrected chi connectivity index (χ4v) is 1.62. The molecule has 0 aliphatic carbocycles. The molecule has 0 fully saturated rings. The zero-order valence-electron chi connectivity index (χ0n) is 10.1. The average molecular weight is 228 g/mol. The maximum atomic E-state index is 4.40. The van der Waals surface area contributed by atoms with Crippen molar-refractivity contribution in [3.63, 3.8) is 0 Å². The van der Waals surface area contributed by atoms with Gasteiger partial charge in [0.05, 0.1) is 0 Å². The second-order valence-corrected chi connectivity index (χ2v) is 3.87. The Labute approximate surface area is 101 Å². The minimum absolute atomic E-state index is 0.824. The summed E-state index contributed by atoms with van der Waals surface area (Å²) in [5, 5.41) is 3.29. The van der Waals surface area contributed by atoms with Gasteiger partial charge in [0.2, 0.25) is 0 Å². The Bertz CT molecular complexity index is 496. The summed E-state index contributed by atoms with van der Waals surface area (Å²) < 4.78 is 0. The molecular weight excluding hydrogens is 212 g/mol. The fraction of sp³-hybridized carbons (Fsp3) is 0.308. The van der Waals surface area contributed by atoms with E-state index in [4.69, 9.17) is 0 Å². The summed E-state index contributed by atoms with van der Waals surface area (Å²) in [6, 6.07) is 1.98. The van der Waals surface area contributed by atoms with E-state index in [0.717, 1.165) is 35.6 Å². The number of nitrogens with one attached hydrogen (secondary N) is 1.